The van der Waals surface area contributed by atoms with Gasteiger partial charge in [-0.05, 0) is 235 Å². The van der Waals surface area contributed by atoms with E-state index in [4.69, 9.17) is 0 Å². The molecule has 0 amide bonds. The first-order valence-electron chi connectivity index (χ1n) is 51.6. The van der Waals surface area contributed by atoms with E-state index < -0.39 is 0 Å². The van der Waals surface area contributed by atoms with Gasteiger partial charge in [0.25, 0.3) is 0 Å². The van der Waals surface area contributed by atoms with Crippen LogP contribution >= 0.6 is 0 Å². The lowest BCUT2D eigenvalue weighted by Crippen LogP contribution is -1.97. The Hall–Kier alpha value is -19.9. The van der Waals surface area contributed by atoms with Crippen molar-refractivity contribution in [2.24, 2.45) is 0 Å². The van der Waals surface area contributed by atoms with Gasteiger partial charge in [-0.2, -0.15) is 0 Å². The second-order valence-electron chi connectivity index (χ2n) is 38.9. The van der Waals surface area contributed by atoms with Crippen LogP contribution in [0.1, 0.15) is 0 Å². The molecule has 0 atom stereocenters. The number of hydrogen-bond acceptors (Lipinski definition) is 0. The summed E-state index contributed by atoms with van der Waals surface area (Å²) in [6.45, 7) is 0. The van der Waals surface area contributed by atoms with Crippen LogP contribution in [0.15, 0.2) is 582 Å². The van der Waals surface area contributed by atoms with Crippen LogP contribution in [0.4, 0.5) is 0 Å². The predicted molar refractivity (Wildman–Crippen MR) is 634 cm³/mol. The summed E-state index contributed by atoms with van der Waals surface area (Å²) < 4.78 is 14.6. The molecule has 702 valence electrons. The van der Waals surface area contributed by atoms with E-state index in [1.54, 1.807) is 0 Å². The molecule has 0 unspecified atom stereocenters. The molecule has 0 aliphatic rings. The fourth-order valence-corrected chi connectivity index (χ4v) is 23.5. The molecule has 24 aromatic carbocycles. The van der Waals surface area contributed by atoms with E-state index in [1.165, 1.54) is 237 Å². The first-order valence-corrected chi connectivity index (χ1v) is 51.6. The Morgan fingerprint density at radius 2 is 0.280 bits per heavy atom. The van der Waals surface area contributed by atoms with Crippen molar-refractivity contribution >= 4 is 131 Å². The second-order valence-corrected chi connectivity index (χ2v) is 38.9. The van der Waals surface area contributed by atoms with Gasteiger partial charge < -0.3 is 27.4 Å². The molecule has 6 heteroatoms. The van der Waals surface area contributed by atoms with Crippen LogP contribution in [-0.4, -0.2) is 27.4 Å². The fourth-order valence-electron chi connectivity index (χ4n) is 23.5. The van der Waals surface area contributed by atoms with E-state index in [0.29, 0.717) is 0 Å². The lowest BCUT2D eigenvalue weighted by molar-refractivity contribution is 1.18. The predicted octanol–water partition coefficient (Wildman–Crippen LogP) is 38.6. The van der Waals surface area contributed by atoms with Crippen molar-refractivity contribution < 1.29 is 0 Å². The first-order chi connectivity index (χ1) is 74.4. The zero-order chi connectivity index (χ0) is 99.1. The molecule has 0 aliphatic carbocycles. The van der Waals surface area contributed by atoms with Crippen molar-refractivity contribution in [3.05, 3.63) is 582 Å². The highest BCUT2D eigenvalue weighted by Gasteiger charge is 2.26. The molecule has 6 aromatic heterocycles. The molecule has 0 fully saturated rings. The number of hydrogen-bond donors (Lipinski definition) is 0. The summed E-state index contributed by atoms with van der Waals surface area (Å²) in [5, 5.41) is 15.0. The minimum absolute atomic E-state index is 1.14. The quantitative estimate of drug-likeness (QED) is 0.0979. The average Bonchev–Trinajstić information content (AvgIpc) is 1.57. The Bertz CT molecular complexity index is 10400. The highest BCUT2D eigenvalue weighted by atomic mass is 15.0. The number of benzene rings is 24. The number of para-hydroxylation sites is 10. The Morgan fingerprint density at radius 3 is 0.607 bits per heavy atom. The molecular weight excluding hydrogens is 1810 g/mol. The minimum atomic E-state index is 1.14. The summed E-state index contributed by atoms with van der Waals surface area (Å²) in [6.07, 6.45) is 0. The zero-order valence-corrected chi connectivity index (χ0v) is 82.1. The van der Waals surface area contributed by atoms with Gasteiger partial charge in [-0.1, -0.05) is 431 Å². The Labute approximate surface area is 868 Å². The molecule has 0 saturated carbocycles. The third-order valence-electron chi connectivity index (χ3n) is 30.3. The van der Waals surface area contributed by atoms with Crippen LogP contribution in [0.5, 0.6) is 0 Å². The van der Waals surface area contributed by atoms with Crippen LogP contribution in [0.2, 0.25) is 0 Å². The van der Waals surface area contributed by atoms with Crippen molar-refractivity contribution in [3.63, 3.8) is 0 Å². The average molecular weight is 1910 g/mol. The van der Waals surface area contributed by atoms with Gasteiger partial charge in [-0.25, -0.2) is 0 Å². The van der Waals surface area contributed by atoms with E-state index in [1.807, 2.05) is 0 Å². The van der Waals surface area contributed by atoms with Gasteiger partial charge in [0.15, 0.2) is 0 Å². The molecule has 0 spiro atoms. The van der Waals surface area contributed by atoms with Gasteiger partial charge in [0, 0.05) is 115 Å². The molecule has 0 saturated heterocycles. The normalized spacial score (nSPS) is 11.6. The summed E-state index contributed by atoms with van der Waals surface area (Å²) >= 11 is 0. The zero-order valence-electron chi connectivity index (χ0n) is 82.1. The summed E-state index contributed by atoms with van der Waals surface area (Å²) in [4.78, 5) is 0. The number of fused-ring (bicyclic) bond motifs is 18. The van der Waals surface area contributed by atoms with Crippen molar-refractivity contribution in [3.8, 4) is 134 Å². The third-order valence-corrected chi connectivity index (χ3v) is 30.3. The third kappa shape index (κ3) is 15.4. The molecule has 150 heavy (non-hydrogen) atoms. The maximum Gasteiger partial charge on any atom is 0.0619 e. The fraction of sp³-hybridized carbons (Fsp3) is 0. The van der Waals surface area contributed by atoms with Gasteiger partial charge in [0.1, 0.15) is 0 Å². The summed E-state index contributed by atoms with van der Waals surface area (Å²) in [7, 11) is 0. The second kappa shape index (κ2) is 37.4. The van der Waals surface area contributed by atoms with Crippen molar-refractivity contribution in [2.75, 3.05) is 0 Å². The number of nitrogens with zero attached hydrogens (tertiary/aromatic N) is 6. The molecule has 6 heterocycles. The van der Waals surface area contributed by atoms with Gasteiger partial charge in [0.2, 0.25) is 0 Å². The van der Waals surface area contributed by atoms with E-state index in [0.717, 1.165) is 28.4 Å². The van der Waals surface area contributed by atoms with E-state index >= 15 is 0 Å². The summed E-state index contributed by atoms with van der Waals surface area (Å²) in [6, 6.07) is 211. The number of aromatic nitrogens is 6. The van der Waals surface area contributed by atoms with Gasteiger partial charge in [-0.3, -0.25) is 0 Å². The van der Waals surface area contributed by atoms with Crippen molar-refractivity contribution in [1.82, 2.24) is 27.4 Å². The van der Waals surface area contributed by atoms with Crippen LogP contribution in [-0.2, 0) is 0 Å². The van der Waals surface area contributed by atoms with Crippen LogP contribution in [0, 0.1) is 0 Å². The van der Waals surface area contributed by atoms with Gasteiger partial charge >= 0.3 is 0 Å². The minimum Gasteiger partial charge on any atom is -0.309 e. The van der Waals surface area contributed by atoms with E-state index in [-0.39, 0.29) is 0 Å². The molecule has 0 aliphatic heterocycles. The molecular formula is C144H96N6. The Morgan fingerprint density at radius 1 is 0.0867 bits per heavy atom. The summed E-state index contributed by atoms with van der Waals surface area (Å²) in [5.74, 6) is 0. The number of rotatable bonds is 15. The largest absolute Gasteiger partial charge is 0.309 e. The standard InChI is InChI=1S/C54H36N2.C48H32N2.C42H28N2/c1-4-15-37(16-5-1)40-27-30-44(31-28-40)55-51-25-12-11-22-48(51)50-36-41(29-32-53(50)55)46-23-14-24-49-47-21-10-13-26-52(47)56(54(46)49)45-34-42(38-17-6-2-7-18-38)33-43(35-45)39-19-8-3-9-20-39;1-3-13-33(14-4-1)35-25-28-38(29-26-35)49-45-23-9-8-20-42(45)44-32-37(27-30-47(44)49)40-21-12-22-43-41-19-7-10-24-46(41)50(48(40)43)39-18-11-17-36(31-39)34-15-5-2-6-16-34;1-3-13-29(14-4-1)30-15-11-18-33(27-30)43-39-23-9-8-20-36(39)38-28-31(25-26-41(38)43)34-21-12-22-37-35-19-7-10-24-40(35)44(42(34)37)32-16-5-2-6-17-32/h1-36H;1-32H;1-28H. The topological polar surface area (TPSA) is 29.6 Å². The maximum atomic E-state index is 2.49. The van der Waals surface area contributed by atoms with Gasteiger partial charge in [-0.15, -0.1) is 0 Å². The highest BCUT2D eigenvalue weighted by molar-refractivity contribution is 6.20. The monoisotopic (exact) mass is 1910 g/mol. The Balaban J connectivity index is 0.000000109. The van der Waals surface area contributed by atoms with Crippen LogP contribution in [0.25, 0.3) is 265 Å². The lowest BCUT2D eigenvalue weighted by Gasteiger charge is -2.16. The SMILES string of the molecule is c1ccc(-c2ccc(-n3c4ccccc4c4cc(-c5cccc6c7ccccc7n(-c7cc(-c8ccccc8)cc(-c8ccccc8)c7)c56)ccc43)cc2)cc1.c1ccc(-c2ccc(-n3c4ccccc4c4cc(-c5cccc6c7ccccc7n(-c7cccc(-c8ccccc8)c7)c56)ccc43)cc2)cc1.c1ccc(-c2cccc(-n3c4ccccc4c4cc(-c5cccc6c7ccccc7n(-c7ccccc7)c56)ccc43)c2)cc1. The van der Waals surface area contributed by atoms with E-state index in [9.17, 15) is 0 Å². The highest BCUT2D eigenvalue weighted by Crippen LogP contribution is 2.48. The smallest absolute Gasteiger partial charge is 0.0619 e. The molecule has 0 bridgehead atoms. The molecule has 0 N–H and O–H groups in total. The molecule has 30 aromatic rings. The molecule has 0 radical (unpaired) electrons. The first kappa shape index (κ1) is 87.8. The molecule has 6 nitrogen and oxygen atoms in total. The van der Waals surface area contributed by atoms with Crippen molar-refractivity contribution in [2.45, 2.75) is 0 Å². The maximum absolute atomic E-state index is 2.49. The molecule has 30 rings (SSSR count). The van der Waals surface area contributed by atoms with E-state index in [2.05, 4.69) is 610 Å². The van der Waals surface area contributed by atoms with Crippen molar-refractivity contribution in [1.29, 1.82) is 0 Å². The van der Waals surface area contributed by atoms with Crippen LogP contribution in [0.3, 0.4) is 0 Å². The Kier molecular flexibility index (Phi) is 21.9. The van der Waals surface area contributed by atoms with Crippen LogP contribution < -0.4 is 0 Å². The van der Waals surface area contributed by atoms with Gasteiger partial charge in [0.05, 0.1) is 66.2 Å². The summed E-state index contributed by atoms with van der Waals surface area (Å²) in [5.41, 5.74) is 43.2. The lowest BCUT2D eigenvalue weighted by atomic mass is 9.97.